The van der Waals surface area contributed by atoms with Crippen LogP contribution in [0.5, 0.6) is 0 Å². The third kappa shape index (κ3) is 3.50. The minimum atomic E-state index is -2.88. The first-order valence-corrected chi connectivity index (χ1v) is 9.38. The van der Waals surface area contributed by atoms with Crippen molar-refractivity contribution in [1.29, 1.82) is 0 Å². The number of benzene rings is 2. The summed E-state index contributed by atoms with van der Waals surface area (Å²) in [6.45, 7) is 0. The molecule has 0 heterocycles. The van der Waals surface area contributed by atoms with Crippen LogP contribution in [0, 0.1) is 0 Å². The van der Waals surface area contributed by atoms with Gasteiger partial charge in [0.2, 0.25) is 0 Å². The molecule has 1 atom stereocenters. The maximum atomic E-state index is 12.4. The highest BCUT2D eigenvalue weighted by atomic mass is 79.9. The first-order valence-electron chi connectivity index (χ1n) is 5.78. The van der Waals surface area contributed by atoms with Gasteiger partial charge in [0.25, 0.3) is 0 Å². The van der Waals surface area contributed by atoms with Crippen molar-refractivity contribution in [2.75, 3.05) is 0 Å². The molecule has 0 aliphatic heterocycles. The van der Waals surface area contributed by atoms with E-state index in [1.54, 1.807) is 24.3 Å². The standard InChI is InChI=1S/C14H6Br2Cl2O3P/c15-7-3-1-4-8(16)11(7)13(19)22(21)14(20)12-9(17)5-2-6-10(12)18/h1-6H/q+1. The van der Waals surface area contributed by atoms with E-state index in [4.69, 9.17) is 23.2 Å². The molecule has 112 valence electrons. The lowest BCUT2D eigenvalue weighted by Crippen LogP contribution is -2.04. The number of hydrogen-bond donors (Lipinski definition) is 0. The van der Waals surface area contributed by atoms with E-state index in [9.17, 15) is 14.2 Å². The lowest BCUT2D eigenvalue weighted by Gasteiger charge is -2.01. The highest BCUT2D eigenvalue weighted by molar-refractivity contribution is 9.11. The first-order chi connectivity index (χ1) is 10.3. The smallest absolute Gasteiger partial charge is 0.233 e. The number of carbonyl (C=O) groups is 2. The van der Waals surface area contributed by atoms with Crippen LogP contribution in [-0.4, -0.2) is 11.0 Å². The molecule has 22 heavy (non-hydrogen) atoms. The SMILES string of the molecule is O=C(c1c(Cl)cccc1Cl)[P+](=O)C(=O)c1c(Br)cccc1Br. The van der Waals surface area contributed by atoms with Crippen LogP contribution in [0.25, 0.3) is 0 Å². The van der Waals surface area contributed by atoms with E-state index in [0.29, 0.717) is 8.95 Å². The Morgan fingerprint density at radius 1 is 0.818 bits per heavy atom. The van der Waals surface area contributed by atoms with Crippen LogP contribution in [0.1, 0.15) is 20.7 Å². The second-order valence-electron chi connectivity index (χ2n) is 4.10. The summed E-state index contributed by atoms with van der Waals surface area (Å²) in [7, 11) is -2.88. The van der Waals surface area contributed by atoms with Crippen molar-refractivity contribution in [3.63, 3.8) is 0 Å². The maximum Gasteiger partial charge on any atom is 0.502 e. The second kappa shape index (κ2) is 7.33. The van der Waals surface area contributed by atoms with E-state index in [1.807, 2.05) is 0 Å². The molecule has 0 aliphatic rings. The Morgan fingerprint density at radius 3 is 1.73 bits per heavy atom. The molecule has 0 bridgehead atoms. The molecule has 2 aromatic carbocycles. The van der Waals surface area contributed by atoms with Crippen LogP contribution in [0.4, 0.5) is 0 Å². The van der Waals surface area contributed by atoms with E-state index in [-0.39, 0.29) is 21.2 Å². The predicted molar refractivity (Wildman–Crippen MR) is 94.6 cm³/mol. The summed E-state index contributed by atoms with van der Waals surface area (Å²) in [5.74, 6) is 0. The summed E-state index contributed by atoms with van der Waals surface area (Å²) in [4.78, 5) is 24.7. The Balaban J connectivity index is 2.44. The summed E-state index contributed by atoms with van der Waals surface area (Å²) in [6.07, 6.45) is 0. The topological polar surface area (TPSA) is 51.2 Å². The van der Waals surface area contributed by atoms with Crippen LogP contribution in [-0.2, 0) is 4.57 Å². The molecule has 0 saturated carbocycles. The molecule has 0 N–H and O–H groups in total. The fourth-order valence-corrected chi connectivity index (χ4v) is 5.14. The Kier molecular flexibility index (Phi) is 5.92. The van der Waals surface area contributed by atoms with Crippen LogP contribution in [0.3, 0.4) is 0 Å². The molecular weight excluding hydrogens is 478 g/mol. The molecular formula is C14H6Br2Cl2O3P+. The number of rotatable bonds is 4. The summed E-state index contributed by atoms with van der Waals surface area (Å²) in [6, 6.07) is 9.39. The van der Waals surface area contributed by atoms with Gasteiger partial charge in [-0.15, -0.1) is 0 Å². The average molecular weight is 484 g/mol. The fraction of sp³-hybridized carbons (Fsp3) is 0. The summed E-state index contributed by atoms with van der Waals surface area (Å²) >= 11 is 18.3. The summed E-state index contributed by atoms with van der Waals surface area (Å²) in [5, 5.41) is 0.111. The van der Waals surface area contributed by atoms with Gasteiger partial charge >= 0.3 is 18.8 Å². The molecule has 0 amide bonds. The molecule has 0 saturated heterocycles. The van der Waals surface area contributed by atoms with Gasteiger partial charge in [0.05, 0.1) is 15.6 Å². The van der Waals surface area contributed by atoms with Crippen molar-refractivity contribution < 1.29 is 14.2 Å². The molecule has 8 heteroatoms. The van der Waals surface area contributed by atoms with Crippen molar-refractivity contribution in [3.8, 4) is 0 Å². The molecule has 0 aromatic heterocycles. The predicted octanol–water partition coefficient (Wildman–Crippen LogP) is 6.33. The van der Waals surface area contributed by atoms with E-state index >= 15 is 0 Å². The quantitative estimate of drug-likeness (QED) is 0.478. The highest BCUT2D eigenvalue weighted by Gasteiger charge is 2.43. The molecule has 2 rings (SSSR count). The van der Waals surface area contributed by atoms with Crippen molar-refractivity contribution in [2.24, 2.45) is 0 Å². The lowest BCUT2D eigenvalue weighted by atomic mass is 10.2. The van der Waals surface area contributed by atoms with Crippen LogP contribution in [0.2, 0.25) is 10.0 Å². The van der Waals surface area contributed by atoms with Crippen molar-refractivity contribution in [2.45, 2.75) is 0 Å². The molecule has 0 fully saturated rings. The van der Waals surface area contributed by atoms with Gasteiger partial charge in [-0.1, -0.05) is 39.9 Å². The first kappa shape index (κ1) is 17.8. The highest BCUT2D eigenvalue weighted by Crippen LogP contribution is 2.40. The Bertz CT molecular complexity index is 703. The average Bonchev–Trinajstić information content (AvgIpc) is 2.45. The zero-order valence-corrected chi connectivity index (χ0v) is 16.2. The van der Waals surface area contributed by atoms with Gasteiger partial charge in [-0.25, -0.2) is 9.59 Å². The third-order valence-corrected chi connectivity index (χ3v) is 5.86. The second-order valence-corrected chi connectivity index (χ2v) is 8.02. The Labute approximate surface area is 154 Å². The number of carbonyl (C=O) groups excluding carboxylic acids is 2. The van der Waals surface area contributed by atoms with Gasteiger partial charge in [-0.3, -0.25) is 0 Å². The zero-order chi connectivity index (χ0) is 16.4. The van der Waals surface area contributed by atoms with Gasteiger partial charge in [0, 0.05) is 8.95 Å². The van der Waals surface area contributed by atoms with Crippen LogP contribution >= 0.6 is 62.9 Å². The van der Waals surface area contributed by atoms with Crippen LogP contribution in [0.15, 0.2) is 45.3 Å². The normalized spacial score (nSPS) is 11.2. The van der Waals surface area contributed by atoms with Gasteiger partial charge in [0.1, 0.15) is 5.56 Å². The molecule has 1 unspecified atom stereocenters. The largest absolute Gasteiger partial charge is 0.502 e. The van der Waals surface area contributed by atoms with Crippen molar-refractivity contribution in [1.82, 2.24) is 0 Å². The van der Waals surface area contributed by atoms with Crippen LogP contribution < -0.4 is 0 Å². The Hall–Kier alpha value is -0.580. The number of hydrogen-bond acceptors (Lipinski definition) is 3. The van der Waals surface area contributed by atoms with E-state index in [0.717, 1.165) is 0 Å². The lowest BCUT2D eigenvalue weighted by molar-refractivity contribution is 0.104. The van der Waals surface area contributed by atoms with E-state index in [2.05, 4.69) is 31.9 Å². The van der Waals surface area contributed by atoms with Crippen molar-refractivity contribution >= 4 is 73.9 Å². The molecule has 3 nitrogen and oxygen atoms in total. The van der Waals surface area contributed by atoms with Crippen molar-refractivity contribution in [3.05, 3.63) is 66.5 Å². The molecule has 0 radical (unpaired) electrons. The maximum absolute atomic E-state index is 12.4. The van der Waals surface area contributed by atoms with E-state index < -0.39 is 18.8 Å². The van der Waals surface area contributed by atoms with Gasteiger partial charge in [-0.05, 0) is 56.1 Å². The molecule has 2 aromatic rings. The summed E-state index contributed by atoms with van der Waals surface area (Å²) in [5.41, 5.74) is -1.66. The molecule has 0 spiro atoms. The van der Waals surface area contributed by atoms with Gasteiger partial charge in [-0.2, -0.15) is 0 Å². The van der Waals surface area contributed by atoms with Gasteiger partial charge in [0.15, 0.2) is 0 Å². The number of halogens is 4. The Morgan fingerprint density at radius 2 is 1.23 bits per heavy atom. The third-order valence-electron chi connectivity index (χ3n) is 2.72. The monoisotopic (exact) mass is 481 g/mol. The fourth-order valence-electron chi connectivity index (χ4n) is 1.70. The van der Waals surface area contributed by atoms with Gasteiger partial charge < -0.3 is 0 Å². The van der Waals surface area contributed by atoms with E-state index in [1.165, 1.54) is 12.1 Å². The summed E-state index contributed by atoms with van der Waals surface area (Å²) < 4.78 is 13.2. The molecule has 0 aliphatic carbocycles. The minimum Gasteiger partial charge on any atom is -0.233 e. The zero-order valence-electron chi connectivity index (χ0n) is 10.6. The minimum absolute atomic E-state index is 0.0554.